The van der Waals surface area contributed by atoms with E-state index in [2.05, 4.69) is 21.3 Å². The van der Waals surface area contributed by atoms with Crippen LogP contribution in [0.1, 0.15) is 41.7 Å². The first-order valence-corrected chi connectivity index (χ1v) is 13.8. The maximum absolute atomic E-state index is 13.1. The Morgan fingerprint density at radius 1 is 0.562 bits per heavy atom. The van der Waals surface area contributed by atoms with Gasteiger partial charge in [-0.3, -0.25) is 24.0 Å². The first-order chi connectivity index (χ1) is 23.0. The zero-order valence-corrected chi connectivity index (χ0v) is 24.3. The van der Waals surface area contributed by atoms with E-state index < -0.39 is 69.1 Å². The van der Waals surface area contributed by atoms with Gasteiger partial charge in [0.05, 0.1) is 39.9 Å². The lowest BCUT2D eigenvalue weighted by Gasteiger charge is -2.17. The highest BCUT2D eigenvalue weighted by atomic mass is 16.5. The molecule has 2 aromatic heterocycles. The van der Waals surface area contributed by atoms with Gasteiger partial charge in [-0.2, -0.15) is 0 Å². The summed E-state index contributed by atoms with van der Waals surface area (Å²) >= 11 is 0. The van der Waals surface area contributed by atoms with E-state index in [1.165, 1.54) is 66.7 Å². The summed E-state index contributed by atoms with van der Waals surface area (Å²) in [5.41, 5.74) is -2.62. The fourth-order valence-electron chi connectivity index (χ4n) is 4.40. The summed E-state index contributed by atoms with van der Waals surface area (Å²) in [6, 6.07) is 20.7. The number of hydrogen-bond donors (Lipinski definition) is 7. The molecule has 0 bridgehead atoms. The Hall–Kier alpha value is -7.36. The number of aromatic hydroxyl groups is 3. The van der Waals surface area contributed by atoms with Gasteiger partial charge in [-0.1, -0.05) is 30.3 Å². The molecule has 4 amide bonds. The van der Waals surface area contributed by atoms with Gasteiger partial charge in [-0.15, -0.1) is 4.73 Å². The number of aromatic nitrogens is 2. The lowest BCUT2D eigenvalue weighted by Crippen LogP contribution is -2.36. The van der Waals surface area contributed by atoms with Gasteiger partial charge < -0.3 is 51.7 Å². The number of carbonyl (C=O) groups is 4. The smallest absolute Gasteiger partial charge is 0.377 e. The maximum atomic E-state index is 13.1. The minimum absolute atomic E-state index is 0.0152. The fourth-order valence-corrected chi connectivity index (χ4v) is 4.40. The van der Waals surface area contributed by atoms with Crippen molar-refractivity contribution in [3.8, 4) is 17.4 Å². The monoisotopic (exact) mass is 651 g/mol. The molecule has 5 aromatic rings. The lowest BCUT2D eigenvalue weighted by molar-refractivity contribution is -0.615. The SMILES string of the molecule is O=C(Nc1ccccc1NC(=O)c1cccc(=O)n1[O-])c1ccc(C(=O)Nc2ccccc2NC(=O)c2cccc(O)[n+]2[O-])c(O)c1O. The molecular weight excluding hydrogens is 628 g/mol. The molecule has 0 atom stereocenters. The Balaban J connectivity index is 1.32. The van der Waals surface area contributed by atoms with Crippen molar-refractivity contribution in [2.24, 2.45) is 0 Å². The van der Waals surface area contributed by atoms with Crippen LogP contribution in [0.15, 0.2) is 102 Å². The molecular formula is C32H23N6O10-. The number of anilines is 4. The summed E-state index contributed by atoms with van der Waals surface area (Å²) in [5, 5.41) is 64.8. The van der Waals surface area contributed by atoms with Gasteiger partial charge in [0.1, 0.15) is 5.69 Å². The van der Waals surface area contributed by atoms with Crippen molar-refractivity contribution in [3.63, 3.8) is 0 Å². The third-order valence-corrected chi connectivity index (χ3v) is 6.79. The van der Waals surface area contributed by atoms with Crippen molar-refractivity contribution in [1.82, 2.24) is 4.73 Å². The molecule has 0 aliphatic rings. The van der Waals surface area contributed by atoms with E-state index in [1.807, 2.05) is 0 Å². The van der Waals surface area contributed by atoms with Gasteiger partial charge in [-0.05, 0) is 48.5 Å². The molecule has 0 radical (unpaired) electrons. The van der Waals surface area contributed by atoms with E-state index in [1.54, 1.807) is 0 Å². The number of carbonyl (C=O) groups excluding carboxylic acids is 4. The fraction of sp³-hybridized carbons (Fsp3) is 0. The number of benzene rings is 3. The second kappa shape index (κ2) is 13.3. The Morgan fingerprint density at radius 3 is 1.50 bits per heavy atom. The molecule has 0 aliphatic carbocycles. The predicted octanol–water partition coefficient (Wildman–Crippen LogP) is 2.95. The van der Waals surface area contributed by atoms with Crippen LogP contribution in [-0.4, -0.2) is 43.7 Å². The van der Waals surface area contributed by atoms with E-state index in [9.17, 15) is 49.7 Å². The van der Waals surface area contributed by atoms with Crippen molar-refractivity contribution >= 4 is 46.4 Å². The molecule has 2 heterocycles. The van der Waals surface area contributed by atoms with Crippen LogP contribution in [0.4, 0.5) is 22.7 Å². The van der Waals surface area contributed by atoms with Gasteiger partial charge >= 0.3 is 11.8 Å². The van der Waals surface area contributed by atoms with Gasteiger partial charge in [0.2, 0.25) is 5.56 Å². The van der Waals surface area contributed by atoms with Crippen LogP contribution >= 0.6 is 0 Å². The topological polar surface area (TPSA) is 249 Å². The quantitative estimate of drug-likeness (QED) is 0.0734. The van der Waals surface area contributed by atoms with Crippen LogP contribution in [0.25, 0.3) is 0 Å². The molecule has 16 nitrogen and oxygen atoms in total. The number of nitrogens with zero attached hydrogens (tertiary/aromatic N) is 2. The van der Waals surface area contributed by atoms with Crippen molar-refractivity contribution in [3.05, 3.63) is 140 Å². The zero-order chi connectivity index (χ0) is 34.5. The Bertz CT molecular complexity index is 2160. The number of rotatable bonds is 8. The second-order valence-electron chi connectivity index (χ2n) is 9.87. The van der Waals surface area contributed by atoms with Gasteiger partial charge in [0.25, 0.3) is 23.4 Å². The van der Waals surface area contributed by atoms with Crippen molar-refractivity contribution in [2.75, 3.05) is 21.3 Å². The Morgan fingerprint density at radius 2 is 1.00 bits per heavy atom. The molecule has 0 fully saturated rings. The highest BCUT2D eigenvalue weighted by Gasteiger charge is 2.24. The van der Waals surface area contributed by atoms with Gasteiger partial charge in [0.15, 0.2) is 11.5 Å². The third-order valence-electron chi connectivity index (χ3n) is 6.79. The highest BCUT2D eigenvalue weighted by molar-refractivity contribution is 6.14. The Kier molecular flexibility index (Phi) is 8.90. The van der Waals surface area contributed by atoms with E-state index >= 15 is 0 Å². The minimum atomic E-state index is -0.952. The number of para-hydroxylation sites is 4. The zero-order valence-electron chi connectivity index (χ0n) is 24.3. The van der Waals surface area contributed by atoms with E-state index in [4.69, 9.17) is 0 Å². The molecule has 16 heteroatoms. The molecule has 7 N–H and O–H groups in total. The molecule has 242 valence electrons. The minimum Gasteiger partial charge on any atom is -0.803 e. The van der Waals surface area contributed by atoms with E-state index in [0.717, 1.165) is 30.3 Å². The molecule has 0 aliphatic heterocycles. The van der Waals surface area contributed by atoms with Crippen LogP contribution in [-0.2, 0) is 0 Å². The molecule has 0 spiro atoms. The van der Waals surface area contributed by atoms with E-state index in [0.29, 0.717) is 0 Å². The first kappa shape index (κ1) is 32.0. The van der Waals surface area contributed by atoms with Crippen molar-refractivity contribution in [2.45, 2.75) is 0 Å². The van der Waals surface area contributed by atoms with Crippen LogP contribution < -0.4 is 31.6 Å². The Labute approximate surface area is 269 Å². The van der Waals surface area contributed by atoms with Crippen molar-refractivity contribution in [1.29, 1.82) is 0 Å². The molecule has 3 aromatic carbocycles. The van der Waals surface area contributed by atoms with E-state index in [-0.39, 0.29) is 32.2 Å². The number of phenols is 2. The van der Waals surface area contributed by atoms with Crippen LogP contribution in [0.2, 0.25) is 0 Å². The van der Waals surface area contributed by atoms with Crippen LogP contribution in [0.5, 0.6) is 17.4 Å². The normalized spacial score (nSPS) is 10.5. The van der Waals surface area contributed by atoms with Crippen molar-refractivity contribution < 1.29 is 39.2 Å². The number of amides is 4. The second-order valence-corrected chi connectivity index (χ2v) is 9.87. The number of nitrogens with one attached hydrogen (secondary N) is 4. The molecule has 48 heavy (non-hydrogen) atoms. The number of phenolic OH excluding ortho intramolecular Hbond substituents is 2. The third kappa shape index (κ3) is 6.52. The highest BCUT2D eigenvalue weighted by Crippen LogP contribution is 2.35. The number of hydrogen-bond acceptors (Lipinski definition) is 10. The maximum Gasteiger partial charge on any atom is 0.377 e. The summed E-state index contributed by atoms with van der Waals surface area (Å²) in [6.07, 6.45) is 0. The van der Waals surface area contributed by atoms with Gasteiger partial charge in [0, 0.05) is 12.1 Å². The summed E-state index contributed by atoms with van der Waals surface area (Å²) < 4.78 is -0.0786. The first-order valence-electron chi connectivity index (χ1n) is 13.8. The average Bonchev–Trinajstić information content (AvgIpc) is 3.06. The van der Waals surface area contributed by atoms with Crippen LogP contribution in [0.3, 0.4) is 0 Å². The summed E-state index contributed by atoms with van der Waals surface area (Å²) in [5.74, 6) is -6.33. The van der Waals surface area contributed by atoms with Gasteiger partial charge in [-0.25, -0.2) is 0 Å². The van der Waals surface area contributed by atoms with Crippen LogP contribution in [0, 0.1) is 10.4 Å². The summed E-state index contributed by atoms with van der Waals surface area (Å²) in [6.45, 7) is 0. The summed E-state index contributed by atoms with van der Waals surface area (Å²) in [7, 11) is 0. The predicted molar refractivity (Wildman–Crippen MR) is 171 cm³/mol. The largest absolute Gasteiger partial charge is 0.803 e. The number of pyridine rings is 2. The molecule has 0 unspecified atom stereocenters. The lowest BCUT2D eigenvalue weighted by atomic mass is 10.1. The summed E-state index contributed by atoms with van der Waals surface area (Å²) in [4.78, 5) is 63.2. The standard InChI is InChI=1S/C32H23N6O10/c39-25-13-5-11-23(37(25)47)31(45)35-21-9-3-1-7-19(21)33-29(43)17-15-16-18(28(42)27(17)41)30(44)34-20-8-2-4-10-22(20)36-32(46)24-12-6-14-26(40)38(24)48/h1-16,39,41-42H,(H,33,43)(H,34,44)(H,35,45)(H,36,46)/q-1. The average molecular weight is 652 g/mol. The molecule has 5 rings (SSSR count). The molecule has 0 saturated carbocycles. The molecule has 0 saturated heterocycles.